The number of methoxy groups -OCH3 is 1. The molecule has 0 fully saturated rings. The van der Waals surface area contributed by atoms with Crippen LogP contribution in [0.25, 0.3) is 0 Å². The molecule has 1 aromatic carbocycles. The van der Waals surface area contributed by atoms with Gasteiger partial charge in [-0.15, -0.1) is 0 Å². The second-order valence-corrected chi connectivity index (χ2v) is 6.59. The van der Waals surface area contributed by atoms with E-state index in [0.717, 1.165) is 6.54 Å². The number of hydrogen-bond acceptors (Lipinski definition) is 4. The van der Waals surface area contributed by atoms with Gasteiger partial charge in [-0.05, 0) is 31.5 Å². The lowest BCUT2D eigenvalue weighted by Gasteiger charge is -2.30. The lowest BCUT2D eigenvalue weighted by Crippen LogP contribution is -2.43. The summed E-state index contributed by atoms with van der Waals surface area (Å²) in [6.07, 6.45) is 0. The van der Waals surface area contributed by atoms with Gasteiger partial charge in [-0.1, -0.05) is 20.8 Å². The number of ether oxygens (including phenoxy) is 1. The van der Waals surface area contributed by atoms with Gasteiger partial charge in [-0.2, -0.15) is 0 Å². The maximum Gasteiger partial charge on any atom is 0.241 e. The fraction of sp³-hybridized carbons (Fsp3) is 0.562. The molecule has 1 amide bonds. The van der Waals surface area contributed by atoms with E-state index in [9.17, 15) is 4.79 Å². The molecule has 5 nitrogen and oxygen atoms in total. The van der Waals surface area contributed by atoms with Gasteiger partial charge in [0.15, 0.2) is 0 Å². The molecule has 0 radical (unpaired) electrons. The highest BCUT2D eigenvalue weighted by molar-refractivity contribution is 5.97. The van der Waals surface area contributed by atoms with E-state index in [1.165, 1.54) is 0 Å². The summed E-state index contributed by atoms with van der Waals surface area (Å²) < 4.78 is 5.09. The topological polar surface area (TPSA) is 67.6 Å². The van der Waals surface area contributed by atoms with E-state index in [1.54, 1.807) is 25.3 Å². The van der Waals surface area contributed by atoms with Crippen LogP contribution in [0.15, 0.2) is 18.2 Å². The normalized spacial score (nSPS) is 13.1. The van der Waals surface area contributed by atoms with Gasteiger partial charge in [0.2, 0.25) is 5.91 Å². The van der Waals surface area contributed by atoms with Gasteiger partial charge in [0.1, 0.15) is 5.75 Å². The first kappa shape index (κ1) is 17.3. The van der Waals surface area contributed by atoms with Crippen molar-refractivity contribution in [3.8, 4) is 5.75 Å². The number of nitrogens with two attached hydrogens (primary N) is 1. The fourth-order valence-electron chi connectivity index (χ4n) is 2.10. The number of nitrogens with zero attached hydrogens (tertiary/aromatic N) is 1. The third kappa shape index (κ3) is 5.27. The van der Waals surface area contributed by atoms with E-state index in [-0.39, 0.29) is 17.4 Å². The summed E-state index contributed by atoms with van der Waals surface area (Å²) in [5, 5.41) is 2.87. The Balaban J connectivity index is 2.72. The van der Waals surface area contributed by atoms with Gasteiger partial charge in [0.25, 0.3) is 0 Å². The molecule has 0 aliphatic heterocycles. The van der Waals surface area contributed by atoms with Crippen molar-refractivity contribution in [3.63, 3.8) is 0 Å². The summed E-state index contributed by atoms with van der Waals surface area (Å²) in [7, 11) is 3.53. The van der Waals surface area contributed by atoms with E-state index in [2.05, 4.69) is 26.1 Å². The molecule has 0 aromatic heterocycles. The zero-order valence-corrected chi connectivity index (χ0v) is 13.9. The molecule has 21 heavy (non-hydrogen) atoms. The summed E-state index contributed by atoms with van der Waals surface area (Å²) >= 11 is 0. The number of benzene rings is 1. The van der Waals surface area contributed by atoms with Gasteiger partial charge in [0, 0.05) is 12.6 Å². The van der Waals surface area contributed by atoms with Gasteiger partial charge in [-0.3, -0.25) is 9.69 Å². The summed E-state index contributed by atoms with van der Waals surface area (Å²) in [4.78, 5) is 14.3. The van der Waals surface area contributed by atoms with Crippen molar-refractivity contribution in [3.05, 3.63) is 18.2 Å². The highest BCUT2D eigenvalue weighted by Gasteiger charge is 2.23. The lowest BCUT2D eigenvalue weighted by atomic mass is 9.95. The molecule has 0 saturated carbocycles. The lowest BCUT2D eigenvalue weighted by molar-refractivity contribution is -0.120. The van der Waals surface area contributed by atoms with Crippen LogP contribution >= 0.6 is 0 Å². The van der Waals surface area contributed by atoms with Crippen LogP contribution in [0.5, 0.6) is 5.75 Å². The summed E-state index contributed by atoms with van der Waals surface area (Å²) in [6, 6.07) is 4.99. The first-order valence-electron chi connectivity index (χ1n) is 7.08. The second kappa shape index (κ2) is 6.80. The van der Waals surface area contributed by atoms with Gasteiger partial charge >= 0.3 is 0 Å². The van der Waals surface area contributed by atoms with Crippen LogP contribution in [0.4, 0.5) is 11.4 Å². The predicted octanol–water partition coefficient (Wildman–Crippen LogP) is 2.58. The first-order valence-corrected chi connectivity index (χ1v) is 7.08. The quantitative estimate of drug-likeness (QED) is 0.819. The number of rotatable bonds is 5. The Morgan fingerprint density at radius 3 is 2.52 bits per heavy atom. The molecule has 0 heterocycles. The van der Waals surface area contributed by atoms with Crippen LogP contribution in [0, 0.1) is 5.41 Å². The smallest absolute Gasteiger partial charge is 0.241 e. The molecular weight excluding hydrogens is 266 g/mol. The monoisotopic (exact) mass is 293 g/mol. The molecule has 1 atom stereocenters. The standard InChI is InChI=1S/C16H27N3O2/c1-11(19(5)10-16(2,3)4)15(20)18-14-8-7-12(21-6)9-13(14)17/h7-9,11H,10,17H2,1-6H3,(H,18,20). The zero-order chi connectivity index (χ0) is 16.2. The fourth-order valence-corrected chi connectivity index (χ4v) is 2.10. The third-order valence-corrected chi connectivity index (χ3v) is 3.28. The number of carbonyl (C=O) groups excluding carboxylic acids is 1. The second-order valence-electron chi connectivity index (χ2n) is 6.59. The SMILES string of the molecule is COc1ccc(NC(=O)C(C)N(C)CC(C)(C)C)c(N)c1. The Kier molecular flexibility index (Phi) is 5.61. The summed E-state index contributed by atoms with van der Waals surface area (Å²) in [6.45, 7) is 9.17. The van der Waals surface area contributed by atoms with Crippen LogP contribution in [-0.4, -0.2) is 37.6 Å². The van der Waals surface area contributed by atoms with Crippen LogP contribution in [0.3, 0.4) is 0 Å². The number of likely N-dealkylation sites (N-methyl/N-ethyl adjacent to an activating group) is 1. The van der Waals surface area contributed by atoms with Crippen LogP contribution in [0.2, 0.25) is 0 Å². The van der Waals surface area contributed by atoms with E-state index >= 15 is 0 Å². The minimum absolute atomic E-state index is 0.0707. The average molecular weight is 293 g/mol. The number of nitrogen functional groups attached to an aromatic ring is 1. The molecule has 0 saturated heterocycles. The largest absolute Gasteiger partial charge is 0.497 e. The van der Waals surface area contributed by atoms with Crippen LogP contribution in [-0.2, 0) is 4.79 Å². The minimum atomic E-state index is -0.231. The van der Waals surface area contributed by atoms with Crippen molar-refractivity contribution < 1.29 is 9.53 Å². The Labute approximate surface area is 127 Å². The summed E-state index contributed by atoms with van der Waals surface area (Å²) in [5.74, 6) is 0.599. The van der Waals surface area contributed by atoms with Gasteiger partial charge in [-0.25, -0.2) is 0 Å². The molecule has 5 heteroatoms. The van der Waals surface area contributed by atoms with E-state index < -0.39 is 0 Å². The molecule has 0 aliphatic carbocycles. The molecule has 1 unspecified atom stereocenters. The van der Waals surface area contributed by atoms with Gasteiger partial charge in [0.05, 0.1) is 24.5 Å². The van der Waals surface area contributed by atoms with Crippen LogP contribution in [0.1, 0.15) is 27.7 Å². The van der Waals surface area contributed by atoms with Crippen LogP contribution < -0.4 is 15.8 Å². The molecular formula is C16H27N3O2. The molecule has 0 bridgehead atoms. The van der Waals surface area contributed by atoms with Crippen molar-refractivity contribution in [2.24, 2.45) is 5.41 Å². The van der Waals surface area contributed by atoms with Crippen molar-refractivity contribution >= 4 is 17.3 Å². The highest BCUT2D eigenvalue weighted by atomic mass is 16.5. The Morgan fingerprint density at radius 2 is 2.05 bits per heavy atom. The van der Waals surface area contributed by atoms with Gasteiger partial charge < -0.3 is 15.8 Å². The average Bonchev–Trinajstić information content (AvgIpc) is 2.38. The van der Waals surface area contributed by atoms with Crippen molar-refractivity contribution in [1.29, 1.82) is 0 Å². The van der Waals surface area contributed by atoms with Crippen molar-refractivity contribution in [2.45, 2.75) is 33.7 Å². The third-order valence-electron chi connectivity index (χ3n) is 3.28. The molecule has 3 N–H and O–H groups in total. The minimum Gasteiger partial charge on any atom is -0.497 e. The number of anilines is 2. The molecule has 0 spiro atoms. The number of carbonyl (C=O) groups is 1. The van der Waals surface area contributed by atoms with Crippen molar-refractivity contribution in [2.75, 3.05) is 31.8 Å². The van der Waals surface area contributed by atoms with Crippen molar-refractivity contribution in [1.82, 2.24) is 4.90 Å². The van der Waals surface area contributed by atoms with E-state index in [0.29, 0.717) is 17.1 Å². The summed E-state index contributed by atoms with van der Waals surface area (Å²) in [5.41, 5.74) is 7.16. The maximum atomic E-state index is 12.3. The maximum absolute atomic E-state index is 12.3. The Bertz CT molecular complexity index is 495. The van der Waals surface area contributed by atoms with E-state index in [4.69, 9.17) is 10.5 Å². The number of nitrogens with one attached hydrogen (secondary N) is 1. The Morgan fingerprint density at radius 1 is 1.43 bits per heavy atom. The van der Waals surface area contributed by atoms with E-state index in [1.807, 2.05) is 18.9 Å². The molecule has 1 aromatic rings. The predicted molar refractivity (Wildman–Crippen MR) is 87.6 cm³/mol. The Hall–Kier alpha value is -1.75. The number of hydrogen-bond donors (Lipinski definition) is 2. The number of amides is 1. The highest BCUT2D eigenvalue weighted by Crippen LogP contribution is 2.24. The molecule has 1 rings (SSSR count). The molecule has 0 aliphatic rings. The first-order chi connectivity index (χ1) is 9.64. The molecule has 118 valence electrons. The zero-order valence-electron chi connectivity index (χ0n) is 13.9.